The maximum Gasteiger partial charge on any atom is 0.335 e. The number of nitrogens with zero attached hydrogens (tertiary/aromatic N) is 2. The Hall–Kier alpha value is -1.81. The van der Waals surface area contributed by atoms with Crippen LogP contribution in [-0.4, -0.2) is 20.9 Å². The Morgan fingerprint density at radius 3 is 2.75 bits per heavy atom. The topological polar surface area (TPSA) is 55.1 Å². The molecule has 0 radical (unpaired) electrons. The van der Waals surface area contributed by atoms with E-state index < -0.39 is 5.97 Å². The number of rotatable bonds is 2. The number of aryl methyl sites for hydroxylation is 1. The molecule has 4 nitrogen and oxygen atoms in total. The van der Waals surface area contributed by atoms with Gasteiger partial charge < -0.3 is 5.11 Å². The van der Waals surface area contributed by atoms with Crippen molar-refractivity contribution >= 4 is 17.6 Å². The van der Waals surface area contributed by atoms with Gasteiger partial charge in [-0.25, -0.2) is 4.79 Å². The Labute approximate surface area is 97.1 Å². The molecule has 0 spiro atoms. The fraction of sp³-hybridized carbons (Fsp3) is 0.0909. The van der Waals surface area contributed by atoms with E-state index in [1.807, 2.05) is 0 Å². The zero-order chi connectivity index (χ0) is 11.7. The van der Waals surface area contributed by atoms with E-state index in [9.17, 15) is 4.79 Å². The molecule has 0 aliphatic heterocycles. The van der Waals surface area contributed by atoms with Crippen LogP contribution in [0.25, 0.3) is 11.3 Å². The minimum atomic E-state index is -1.00. The number of carboxylic acids is 1. The van der Waals surface area contributed by atoms with E-state index in [4.69, 9.17) is 16.7 Å². The number of carboxylic acid groups (broad SMARTS) is 1. The summed E-state index contributed by atoms with van der Waals surface area (Å²) >= 11 is 5.85. The van der Waals surface area contributed by atoms with Crippen molar-refractivity contribution in [1.29, 1.82) is 0 Å². The van der Waals surface area contributed by atoms with Gasteiger partial charge in [-0.2, -0.15) is 5.10 Å². The van der Waals surface area contributed by atoms with Crippen molar-refractivity contribution in [3.05, 3.63) is 41.0 Å². The van der Waals surface area contributed by atoms with Crippen molar-refractivity contribution < 1.29 is 9.90 Å². The molecular formula is C11H9ClN2O2. The van der Waals surface area contributed by atoms with Crippen molar-refractivity contribution in [1.82, 2.24) is 9.78 Å². The Morgan fingerprint density at radius 2 is 2.19 bits per heavy atom. The summed E-state index contributed by atoms with van der Waals surface area (Å²) in [4.78, 5) is 10.9. The molecule has 0 aliphatic rings. The highest BCUT2D eigenvalue weighted by Gasteiger charge is 2.09. The summed E-state index contributed by atoms with van der Waals surface area (Å²) in [6, 6.07) is 6.46. The van der Waals surface area contributed by atoms with Crippen molar-refractivity contribution in [2.75, 3.05) is 0 Å². The van der Waals surface area contributed by atoms with Gasteiger partial charge in [0.1, 0.15) is 0 Å². The lowest BCUT2D eigenvalue weighted by molar-refractivity contribution is 0.0697. The van der Waals surface area contributed by atoms with Crippen LogP contribution in [0.3, 0.4) is 0 Å². The lowest BCUT2D eigenvalue weighted by Crippen LogP contribution is -1.96. The molecule has 1 aromatic carbocycles. The average molecular weight is 237 g/mol. The van der Waals surface area contributed by atoms with Crippen molar-refractivity contribution in [2.45, 2.75) is 0 Å². The van der Waals surface area contributed by atoms with E-state index in [0.717, 1.165) is 0 Å². The Morgan fingerprint density at radius 1 is 1.44 bits per heavy atom. The molecule has 2 aromatic rings. The molecule has 2 rings (SSSR count). The first-order valence-electron chi connectivity index (χ1n) is 4.60. The average Bonchev–Trinajstić information content (AvgIpc) is 2.64. The van der Waals surface area contributed by atoms with Crippen LogP contribution in [0.2, 0.25) is 5.02 Å². The molecule has 0 atom stereocenters. The number of hydrogen-bond acceptors (Lipinski definition) is 2. The highest BCUT2D eigenvalue weighted by Crippen LogP contribution is 2.23. The lowest BCUT2D eigenvalue weighted by Gasteiger charge is -2.01. The minimum Gasteiger partial charge on any atom is -0.478 e. The number of carbonyl (C=O) groups is 1. The van der Waals surface area contributed by atoms with E-state index in [-0.39, 0.29) is 5.56 Å². The summed E-state index contributed by atoms with van der Waals surface area (Å²) in [5.41, 5.74) is 1.56. The molecule has 1 aromatic heterocycles. The van der Waals surface area contributed by atoms with E-state index in [0.29, 0.717) is 16.3 Å². The molecule has 0 amide bonds. The first kappa shape index (κ1) is 10.7. The quantitative estimate of drug-likeness (QED) is 0.871. The fourth-order valence-corrected chi connectivity index (χ4v) is 1.67. The predicted molar refractivity (Wildman–Crippen MR) is 60.6 cm³/mol. The van der Waals surface area contributed by atoms with Crippen LogP contribution < -0.4 is 0 Å². The van der Waals surface area contributed by atoms with Gasteiger partial charge in [0, 0.05) is 23.8 Å². The highest BCUT2D eigenvalue weighted by molar-refractivity contribution is 6.31. The molecule has 1 heterocycles. The third kappa shape index (κ3) is 2.06. The van der Waals surface area contributed by atoms with Gasteiger partial charge in [-0.1, -0.05) is 11.6 Å². The molecule has 1 N–H and O–H groups in total. The van der Waals surface area contributed by atoms with Crippen molar-refractivity contribution in [3.63, 3.8) is 0 Å². The Bertz CT molecular complexity index is 549. The monoisotopic (exact) mass is 236 g/mol. The molecule has 0 saturated carbocycles. The van der Waals surface area contributed by atoms with Crippen LogP contribution in [0.5, 0.6) is 0 Å². The number of benzene rings is 1. The Kier molecular flexibility index (Phi) is 2.66. The third-order valence-corrected chi connectivity index (χ3v) is 2.37. The van der Waals surface area contributed by atoms with E-state index in [2.05, 4.69) is 5.10 Å². The second-order valence-corrected chi connectivity index (χ2v) is 3.84. The smallest absolute Gasteiger partial charge is 0.335 e. The predicted octanol–water partition coefficient (Wildman–Crippen LogP) is 2.44. The third-order valence-electron chi connectivity index (χ3n) is 2.15. The summed E-state index contributed by atoms with van der Waals surface area (Å²) in [6.07, 6.45) is 1.79. The Balaban J connectivity index is 2.53. The highest BCUT2D eigenvalue weighted by atomic mass is 35.5. The number of aromatic nitrogens is 2. The zero-order valence-corrected chi connectivity index (χ0v) is 9.27. The van der Waals surface area contributed by atoms with Gasteiger partial charge in [0.2, 0.25) is 0 Å². The van der Waals surface area contributed by atoms with Crippen LogP contribution in [0.15, 0.2) is 30.5 Å². The summed E-state index contributed by atoms with van der Waals surface area (Å²) < 4.78 is 1.65. The number of hydrogen-bond donors (Lipinski definition) is 1. The van der Waals surface area contributed by atoms with E-state index in [1.165, 1.54) is 6.07 Å². The fourth-order valence-electron chi connectivity index (χ4n) is 1.43. The van der Waals surface area contributed by atoms with Gasteiger partial charge >= 0.3 is 5.97 Å². The molecule has 0 aliphatic carbocycles. The molecule has 82 valence electrons. The normalized spacial score (nSPS) is 10.4. The molecule has 16 heavy (non-hydrogen) atoms. The largest absolute Gasteiger partial charge is 0.478 e. The molecule has 0 saturated heterocycles. The van der Waals surface area contributed by atoms with Gasteiger partial charge in [0.05, 0.1) is 11.3 Å². The summed E-state index contributed by atoms with van der Waals surface area (Å²) in [7, 11) is 1.80. The van der Waals surface area contributed by atoms with Crippen LogP contribution in [-0.2, 0) is 7.05 Å². The molecule has 0 bridgehead atoms. The molecule has 5 heteroatoms. The van der Waals surface area contributed by atoms with Gasteiger partial charge in [0.15, 0.2) is 0 Å². The SMILES string of the molecule is Cn1ccc(-c2cc(Cl)cc(C(=O)O)c2)n1. The second kappa shape index (κ2) is 3.98. The van der Waals surface area contributed by atoms with Crippen LogP contribution >= 0.6 is 11.6 Å². The molecule has 0 fully saturated rings. The first-order chi connectivity index (χ1) is 7.56. The second-order valence-electron chi connectivity index (χ2n) is 3.41. The van der Waals surface area contributed by atoms with Gasteiger partial charge in [-0.3, -0.25) is 4.68 Å². The summed E-state index contributed by atoms with van der Waals surface area (Å²) in [5.74, 6) is -1.00. The molecule has 0 unspecified atom stereocenters. The van der Waals surface area contributed by atoms with Gasteiger partial charge in [-0.15, -0.1) is 0 Å². The zero-order valence-electron chi connectivity index (χ0n) is 8.51. The van der Waals surface area contributed by atoms with Crippen LogP contribution in [0.4, 0.5) is 0 Å². The summed E-state index contributed by atoms with van der Waals surface area (Å²) in [5, 5.41) is 13.5. The maximum atomic E-state index is 10.9. The number of aromatic carboxylic acids is 1. The maximum absolute atomic E-state index is 10.9. The first-order valence-corrected chi connectivity index (χ1v) is 4.98. The van der Waals surface area contributed by atoms with Crippen LogP contribution in [0, 0.1) is 0 Å². The van der Waals surface area contributed by atoms with Gasteiger partial charge in [-0.05, 0) is 24.3 Å². The lowest BCUT2D eigenvalue weighted by atomic mass is 10.1. The van der Waals surface area contributed by atoms with Crippen LogP contribution in [0.1, 0.15) is 10.4 Å². The van der Waals surface area contributed by atoms with E-state index in [1.54, 1.807) is 36.1 Å². The molecular weight excluding hydrogens is 228 g/mol. The van der Waals surface area contributed by atoms with Gasteiger partial charge in [0.25, 0.3) is 0 Å². The van der Waals surface area contributed by atoms with Crippen molar-refractivity contribution in [3.8, 4) is 11.3 Å². The van der Waals surface area contributed by atoms with Crippen molar-refractivity contribution in [2.24, 2.45) is 7.05 Å². The number of halogens is 1. The standard InChI is InChI=1S/C11H9ClN2O2/c1-14-3-2-10(13-14)7-4-8(11(15)16)6-9(12)5-7/h2-6H,1H3,(H,15,16). The minimum absolute atomic E-state index is 0.160. The summed E-state index contributed by atoms with van der Waals surface area (Å²) in [6.45, 7) is 0. The van der Waals surface area contributed by atoms with E-state index >= 15 is 0 Å².